The Labute approximate surface area is 209 Å². The number of hydrogen-bond acceptors (Lipinski definition) is 5. The number of ether oxygens (including phenoxy) is 2. The molecule has 4 heterocycles. The van der Waals surface area contributed by atoms with Crippen LogP contribution in [0, 0.1) is 18.6 Å². The van der Waals surface area contributed by atoms with Gasteiger partial charge < -0.3 is 19.1 Å². The normalized spacial score (nSPS) is 26.8. The second-order valence-electron chi connectivity index (χ2n) is 11.0. The van der Waals surface area contributed by atoms with Crippen molar-refractivity contribution >= 4 is 6.09 Å². The lowest BCUT2D eigenvalue weighted by Gasteiger charge is -2.48. The molecule has 0 saturated carbocycles. The van der Waals surface area contributed by atoms with Crippen LogP contribution >= 0.6 is 0 Å². The van der Waals surface area contributed by atoms with Gasteiger partial charge >= 0.3 is 6.09 Å². The molecule has 196 valence electrons. The number of benzene rings is 1. The molecule has 0 spiro atoms. The molecule has 1 unspecified atom stereocenters. The molecule has 10 heteroatoms. The fraction of sp³-hybridized carbons (Fsp3) is 0.615. The molecule has 2 fully saturated rings. The molecule has 2 aromatic rings. The predicted molar refractivity (Wildman–Crippen MR) is 128 cm³/mol. The van der Waals surface area contributed by atoms with Crippen LogP contribution < -0.4 is 0 Å². The van der Waals surface area contributed by atoms with Gasteiger partial charge in [-0.25, -0.2) is 18.6 Å². The summed E-state index contributed by atoms with van der Waals surface area (Å²) >= 11 is 0. The fourth-order valence-corrected chi connectivity index (χ4v) is 6.10. The van der Waals surface area contributed by atoms with Crippen LogP contribution in [-0.4, -0.2) is 68.0 Å². The van der Waals surface area contributed by atoms with E-state index in [1.807, 2.05) is 6.92 Å². The number of hydrogen-bond donors (Lipinski definition) is 1. The van der Waals surface area contributed by atoms with Crippen LogP contribution in [0.15, 0.2) is 18.2 Å². The van der Waals surface area contributed by atoms with Crippen LogP contribution in [0.2, 0.25) is 0 Å². The minimum atomic E-state index is -1.12. The van der Waals surface area contributed by atoms with E-state index in [4.69, 9.17) is 14.5 Å². The van der Waals surface area contributed by atoms with Gasteiger partial charge in [-0.1, -0.05) is 0 Å². The minimum Gasteiger partial charge on any atom is -0.465 e. The quantitative estimate of drug-likeness (QED) is 0.664. The molecule has 3 aliphatic heterocycles. The fourth-order valence-electron chi connectivity index (χ4n) is 6.10. The summed E-state index contributed by atoms with van der Waals surface area (Å²) in [6, 6.07) is 2.71. The molecule has 5 rings (SSSR count). The van der Waals surface area contributed by atoms with Crippen LogP contribution in [-0.2, 0) is 22.6 Å². The van der Waals surface area contributed by atoms with Crippen molar-refractivity contribution in [2.75, 3.05) is 19.8 Å². The number of aryl methyl sites for hydroxylation is 1. The third-order valence-electron chi connectivity index (χ3n) is 7.62. The number of aromatic nitrogens is 2. The van der Waals surface area contributed by atoms with Crippen molar-refractivity contribution in [1.82, 2.24) is 19.4 Å². The molecule has 3 aliphatic rings. The Bertz CT molecular complexity index is 1140. The Balaban J connectivity index is 1.43. The number of nitrogens with zero attached hydrogens (tertiary/aromatic N) is 4. The number of fused-ring (bicyclic) bond motifs is 1. The van der Waals surface area contributed by atoms with Crippen molar-refractivity contribution in [3.8, 4) is 0 Å². The topological polar surface area (TPSA) is 80.1 Å². The van der Waals surface area contributed by atoms with Gasteiger partial charge in [-0.3, -0.25) is 9.80 Å². The number of amides is 1. The van der Waals surface area contributed by atoms with Crippen LogP contribution in [0.25, 0.3) is 0 Å². The van der Waals surface area contributed by atoms with E-state index in [1.165, 1.54) is 10.6 Å². The van der Waals surface area contributed by atoms with Crippen LogP contribution in [0.5, 0.6) is 0 Å². The molecule has 2 saturated heterocycles. The summed E-state index contributed by atoms with van der Waals surface area (Å²) in [5.74, 6) is -0.206. The number of rotatable bonds is 4. The Morgan fingerprint density at radius 1 is 1.19 bits per heavy atom. The SMILES string of the molecule is Cc1nc2c(n1C1CCOC1)CN([C@H]1CO[C@H](c3cc(F)ccc3F)[C@@H](N(C(=O)O)C(C)(C)C)C1)C2. The average Bonchev–Trinajstić information content (AvgIpc) is 3.51. The lowest BCUT2D eigenvalue weighted by molar-refractivity contribution is -0.103. The van der Waals surface area contributed by atoms with E-state index in [0.29, 0.717) is 26.1 Å². The van der Waals surface area contributed by atoms with Gasteiger partial charge in [0.15, 0.2) is 0 Å². The van der Waals surface area contributed by atoms with Gasteiger partial charge in [0, 0.05) is 36.8 Å². The zero-order valence-electron chi connectivity index (χ0n) is 21.2. The van der Waals surface area contributed by atoms with Gasteiger partial charge in [-0.05, 0) is 58.7 Å². The molecule has 8 nitrogen and oxygen atoms in total. The van der Waals surface area contributed by atoms with Gasteiger partial charge in [-0.15, -0.1) is 0 Å². The summed E-state index contributed by atoms with van der Waals surface area (Å²) in [5.41, 5.74) is 1.47. The zero-order chi connectivity index (χ0) is 25.8. The smallest absolute Gasteiger partial charge is 0.408 e. The first kappa shape index (κ1) is 25.1. The first-order valence-electron chi connectivity index (χ1n) is 12.5. The van der Waals surface area contributed by atoms with Crippen molar-refractivity contribution < 1.29 is 28.2 Å². The number of imidazole rings is 1. The third-order valence-corrected chi connectivity index (χ3v) is 7.62. The van der Waals surface area contributed by atoms with E-state index in [2.05, 4.69) is 9.47 Å². The number of carbonyl (C=O) groups is 1. The van der Waals surface area contributed by atoms with Crippen LogP contribution in [0.1, 0.15) is 68.5 Å². The second kappa shape index (κ2) is 9.39. The van der Waals surface area contributed by atoms with Crippen molar-refractivity contribution in [2.24, 2.45) is 0 Å². The maximum atomic E-state index is 14.8. The van der Waals surface area contributed by atoms with Gasteiger partial charge in [0.05, 0.1) is 36.7 Å². The van der Waals surface area contributed by atoms with Gasteiger partial charge in [0.2, 0.25) is 0 Å². The molecule has 4 atom stereocenters. The van der Waals surface area contributed by atoms with E-state index < -0.39 is 35.4 Å². The first-order chi connectivity index (χ1) is 17.0. The van der Waals surface area contributed by atoms with E-state index in [9.17, 15) is 18.7 Å². The summed E-state index contributed by atoms with van der Waals surface area (Å²) in [7, 11) is 0. The summed E-state index contributed by atoms with van der Waals surface area (Å²) in [6.07, 6.45) is -0.645. The van der Waals surface area contributed by atoms with Gasteiger partial charge in [-0.2, -0.15) is 0 Å². The Kier molecular flexibility index (Phi) is 6.55. The summed E-state index contributed by atoms with van der Waals surface area (Å²) in [6.45, 7) is 10.4. The molecular formula is C26H34F2N4O4. The van der Waals surface area contributed by atoms with Gasteiger partial charge in [0.25, 0.3) is 0 Å². The first-order valence-corrected chi connectivity index (χ1v) is 12.5. The third kappa shape index (κ3) is 4.50. The number of halogens is 2. The standard InChI is InChI=1S/C26H34F2N4O4/c1-15-29-21-11-30(12-23(21)31(15)17-7-8-35-13-17)18-10-22(32(25(33)34)26(2,3)4)24(36-14-18)19-9-16(27)5-6-20(19)28/h5-6,9,17-18,22,24H,7-8,10-14H2,1-4H3,(H,33,34)/t17?,18-,22+,24-/m1/s1. The summed E-state index contributed by atoms with van der Waals surface area (Å²) in [5, 5.41) is 10.2. The van der Waals surface area contributed by atoms with Crippen LogP contribution in [0.3, 0.4) is 0 Å². The summed E-state index contributed by atoms with van der Waals surface area (Å²) < 4.78 is 43.0. The molecular weight excluding hydrogens is 470 g/mol. The highest BCUT2D eigenvalue weighted by Crippen LogP contribution is 2.40. The van der Waals surface area contributed by atoms with Crippen molar-refractivity contribution in [2.45, 2.75) is 83.4 Å². The lowest BCUT2D eigenvalue weighted by atomic mass is 9.88. The monoisotopic (exact) mass is 504 g/mol. The molecule has 0 aliphatic carbocycles. The molecule has 0 bridgehead atoms. The van der Waals surface area contributed by atoms with E-state index >= 15 is 0 Å². The Hall–Kier alpha value is -2.56. The maximum Gasteiger partial charge on any atom is 0.408 e. The largest absolute Gasteiger partial charge is 0.465 e. The molecule has 1 aromatic heterocycles. The molecule has 36 heavy (non-hydrogen) atoms. The number of carboxylic acid groups (broad SMARTS) is 1. The zero-order valence-corrected chi connectivity index (χ0v) is 21.2. The van der Waals surface area contributed by atoms with E-state index in [-0.39, 0.29) is 24.3 Å². The average molecular weight is 505 g/mol. The maximum absolute atomic E-state index is 14.8. The van der Waals surface area contributed by atoms with Gasteiger partial charge in [0.1, 0.15) is 23.6 Å². The highest BCUT2D eigenvalue weighted by molar-refractivity contribution is 5.66. The summed E-state index contributed by atoms with van der Waals surface area (Å²) in [4.78, 5) is 20.8. The molecule has 0 radical (unpaired) electrons. The molecule has 1 aromatic carbocycles. The van der Waals surface area contributed by atoms with Crippen molar-refractivity contribution in [3.05, 3.63) is 52.6 Å². The van der Waals surface area contributed by atoms with E-state index in [1.54, 1.807) is 20.8 Å². The van der Waals surface area contributed by atoms with Crippen LogP contribution in [0.4, 0.5) is 13.6 Å². The predicted octanol–water partition coefficient (Wildman–Crippen LogP) is 4.42. The van der Waals surface area contributed by atoms with Crippen molar-refractivity contribution in [1.29, 1.82) is 0 Å². The molecule has 1 N–H and O–H groups in total. The Morgan fingerprint density at radius 2 is 1.97 bits per heavy atom. The van der Waals surface area contributed by atoms with Crippen molar-refractivity contribution in [3.63, 3.8) is 0 Å². The Morgan fingerprint density at radius 3 is 2.64 bits per heavy atom. The highest BCUT2D eigenvalue weighted by Gasteiger charge is 2.46. The second-order valence-corrected chi connectivity index (χ2v) is 11.0. The lowest BCUT2D eigenvalue weighted by Crippen LogP contribution is -2.58. The molecule has 1 amide bonds. The van der Waals surface area contributed by atoms with E-state index in [0.717, 1.165) is 42.7 Å². The minimum absolute atomic E-state index is 0.0450. The highest BCUT2D eigenvalue weighted by atomic mass is 19.1.